The highest BCUT2D eigenvalue weighted by Crippen LogP contribution is 2.35. The van der Waals surface area contributed by atoms with E-state index in [2.05, 4.69) is 10.3 Å². The van der Waals surface area contributed by atoms with E-state index in [9.17, 15) is 22.8 Å². The Labute approximate surface area is 173 Å². The van der Waals surface area contributed by atoms with E-state index in [0.29, 0.717) is 18.0 Å². The molecule has 0 bridgehead atoms. The molecule has 0 aliphatic rings. The Bertz CT molecular complexity index is 952. The van der Waals surface area contributed by atoms with Crippen molar-refractivity contribution in [1.29, 1.82) is 0 Å². The van der Waals surface area contributed by atoms with E-state index >= 15 is 0 Å². The number of alkyl halides is 3. The van der Waals surface area contributed by atoms with Gasteiger partial charge in [0.2, 0.25) is 0 Å². The minimum atomic E-state index is -4.63. The number of carbonyl (C=O) groups excluding carboxylic acids is 2. The Morgan fingerprint density at radius 3 is 2.17 bits per heavy atom. The van der Waals surface area contributed by atoms with Crippen LogP contribution in [0.4, 0.5) is 19.0 Å². The van der Waals surface area contributed by atoms with Crippen LogP contribution >= 0.6 is 11.6 Å². The van der Waals surface area contributed by atoms with Gasteiger partial charge in [0.05, 0.1) is 31.9 Å². The minimum absolute atomic E-state index is 0.0337. The van der Waals surface area contributed by atoms with Crippen molar-refractivity contribution in [3.63, 3.8) is 0 Å². The number of halogens is 4. The van der Waals surface area contributed by atoms with Crippen molar-refractivity contribution in [3.8, 4) is 17.2 Å². The standard InChI is InChI=1S/C18H16ClF3N2O6/c1-27-12-6-14(29-3)13(28-2)5-10(12)17(26)30-8-15(25)24-16-11(19)4-9(7-23-16)18(20,21)22/h4-7H,8H2,1-3H3,(H,23,24,25). The van der Waals surface area contributed by atoms with Crippen LogP contribution in [0.15, 0.2) is 24.4 Å². The molecule has 0 aliphatic heterocycles. The third kappa shape index (κ3) is 5.44. The fourth-order valence-corrected chi connectivity index (χ4v) is 2.46. The molecule has 2 rings (SSSR count). The molecule has 12 heteroatoms. The number of benzene rings is 1. The number of hydrogen-bond acceptors (Lipinski definition) is 7. The summed E-state index contributed by atoms with van der Waals surface area (Å²) in [5.41, 5.74) is -1.11. The number of nitrogens with zero attached hydrogens (tertiary/aromatic N) is 1. The highest BCUT2D eigenvalue weighted by atomic mass is 35.5. The van der Waals surface area contributed by atoms with Gasteiger partial charge < -0.3 is 24.3 Å². The maximum atomic E-state index is 12.6. The summed E-state index contributed by atoms with van der Waals surface area (Å²) in [4.78, 5) is 27.8. The summed E-state index contributed by atoms with van der Waals surface area (Å²) in [7, 11) is 4.09. The smallest absolute Gasteiger partial charge is 0.417 e. The van der Waals surface area contributed by atoms with Crippen LogP contribution in [0, 0.1) is 0 Å². The molecule has 0 spiro atoms. The molecule has 30 heavy (non-hydrogen) atoms. The van der Waals surface area contributed by atoms with Crippen molar-refractivity contribution in [2.24, 2.45) is 0 Å². The number of ether oxygens (including phenoxy) is 4. The SMILES string of the molecule is COc1cc(OC)c(C(=O)OCC(=O)Nc2ncc(C(F)(F)F)cc2Cl)cc1OC. The van der Waals surface area contributed by atoms with E-state index in [1.807, 2.05) is 0 Å². The molecule has 162 valence electrons. The average molecular weight is 449 g/mol. The topological polar surface area (TPSA) is 96.0 Å². The van der Waals surface area contributed by atoms with Crippen LogP contribution in [0.3, 0.4) is 0 Å². The number of hydrogen-bond donors (Lipinski definition) is 1. The number of methoxy groups -OCH3 is 3. The molecule has 2 aromatic rings. The van der Waals surface area contributed by atoms with Gasteiger partial charge in [0.15, 0.2) is 23.9 Å². The summed E-state index contributed by atoms with van der Waals surface area (Å²) >= 11 is 5.71. The highest BCUT2D eigenvalue weighted by Gasteiger charge is 2.31. The molecule has 1 heterocycles. The Morgan fingerprint density at radius 1 is 1.03 bits per heavy atom. The lowest BCUT2D eigenvalue weighted by atomic mass is 10.1. The van der Waals surface area contributed by atoms with Gasteiger partial charge >= 0.3 is 12.1 Å². The van der Waals surface area contributed by atoms with Gasteiger partial charge in [-0.05, 0) is 6.07 Å². The number of rotatable bonds is 7. The van der Waals surface area contributed by atoms with Gasteiger partial charge in [-0.15, -0.1) is 0 Å². The third-order valence-corrected chi connectivity index (χ3v) is 3.97. The van der Waals surface area contributed by atoms with Gasteiger partial charge in [0.25, 0.3) is 5.91 Å². The van der Waals surface area contributed by atoms with Crippen molar-refractivity contribution in [1.82, 2.24) is 4.98 Å². The normalized spacial score (nSPS) is 10.9. The predicted octanol–water partition coefficient (Wildman–Crippen LogP) is 3.58. The largest absolute Gasteiger partial charge is 0.496 e. The second kappa shape index (κ2) is 9.53. The first kappa shape index (κ1) is 23.1. The Balaban J connectivity index is 2.07. The molecule has 0 atom stereocenters. The summed E-state index contributed by atoms with van der Waals surface area (Å²) in [6.45, 7) is -0.755. The molecule has 1 aromatic carbocycles. The lowest BCUT2D eigenvalue weighted by Gasteiger charge is -2.14. The number of pyridine rings is 1. The maximum Gasteiger partial charge on any atom is 0.417 e. The molecule has 1 aromatic heterocycles. The van der Waals surface area contributed by atoms with Crippen molar-refractivity contribution in [3.05, 3.63) is 40.5 Å². The zero-order valence-electron chi connectivity index (χ0n) is 15.9. The second-order valence-corrected chi connectivity index (χ2v) is 5.99. The molecule has 0 aliphatic carbocycles. The summed E-state index contributed by atoms with van der Waals surface area (Å²) in [5.74, 6) is -1.42. The van der Waals surface area contributed by atoms with Crippen LogP contribution in [-0.4, -0.2) is 44.8 Å². The number of carbonyl (C=O) groups is 2. The second-order valence-electron chi connectivity index (χ2n) is 5.58. The van der Waals surface area contributed by atoms with Gasteiger partial charge in [0, 0.05) is 18.3 Å². The number of amides is 1. The van der Waals surface area contributed by atoms with Crippen LogP contribution in [0.5, 0.6) is 17.2 Å². The molecule has 0 radical (unpaired) electrons. The van der Waals surface area contributed by atoms with Gasteiger partial charge in [0.1, 0.15) is 11.3 Å². The summed E-state index contributed by atoms with van der Waals surface area (Å²) in [5, 5.41) is 1.74. The predicted molar refractivity (Wildman–Crippen MR) is 99.3 cm³/mol. The maximum absolute atomic E-state index is 12.6. The summed E-state index contributed by atoms with van der Waals surface area (Å²) < 4.78 is 58.1. The number of esters is 1. The first-order valence-electron chi connectivity index (χ1n) is 8.10. The van der Waals surface area contributed by atoms with Gasteiger partial charge in [-0.25, -0.2) is 9.78 Å². The van der Waals surface area contributed by atoms with Crippen molar-refractivity contribution < 1.29 is 41.7 Å². The quantitative estimate of drug-likeness (QED) is 0.647. The molecule has 0 unspecified atom stereocenters. The van der Waals surface area contributed by atoms with E-state index in [0.717, 1.165) is 0 Å². The van der Waals surface area contributed by atoms with Crippen LogP contribution in [-0.2, 0) is 15.7 Å². The zero-order chi connectivity index (χ0) is 22.5. The third-order valence-electron chi connectivity index (χ3n) is 3.69. The first-order chi connectivity index (χ1) is 14.1. The van der Waals surface area contributed by atoms with Crippen molar-refractivity contribution >= 4 is 29.3 Å². The van der Waals surface area contributed by atoms with Crippen LogP contribution in [0.2, 0.25) is 5.02 Å². The van der Waals surface area contributed by atoms with Gasteiger partial charge in [-0.3, -0.25) is 4.79 Å². The lowest BCUT2D eigenvalue weighted by Crippen LogP contribution is -2.22. The average Bonchev–Trinajstić information content (AvgIpc) is 2.71. The van der Waals surface area contributed by atoms with E-state index in [-0.39, 0.29) is 22.9 Å². The Morgan fingerprint density at radius 2 is 1.63 bits per heavy atom. The van der Waals surface area contributed by atoms with E-state index in [1.165, 1.54) is 33.5 Å². The first-order valence-corrected chi connectivity index (χ1v) is 8.48. The summed E-state index contributed by atoms with van der Waals surface area (Å²) in [6, 6.07) is 3.33. The van der Waals surface area contributed by atoms with Crippen molar-refractivity contribution in [2.75, 3.05) is 33.3 Å². The molecule has 8 nitrogen and oxygen atoms in total. The Hall–Kier alpha value is -3.21. The molecule has 1 N–H and O–H groups in total. The fourth-order valence-electron chi connectivity index (χ4n) is 2.25. The highest BCUT2D eigenvalue weighted by molar-refractivity contribution is 6.33. The number of nitrogens with one attached hydrogen (secondary N) is 1. The van der Waals surface area contributed by atoms with Crippen LogP contribution in [0.25, 0.3) is 0 Å². The number of anilines is 1. The molecule has 0 fully saturated rings. The zero-order valence-corrected chi connectivity index (χ0v) is 16.7. The van der Waals surface area contributed by atoms with Gasteiger partial charge in [-0.1, -0.05) is 11.6 Å². The molecular weight excluding hydrogens is 433 g/mol. The minimum Gasteiger partial charge on any atom is -0.496 e. The van der Waals surface area contributed by atoms with Crippen LogP contribution < -0.4 is 19.5 Å². The molecule has 0 saturated carbocycles. The monoisotopic (exact) mass is 448 g/mol. The van der Waals surface area contributed by atoms with Crippen LogP contribution in [0.1, 0.15) is 15.9 Å². The molecule has 1 amide bonds. The van der Waals surface area contributed by atoms with Crippen molar-refractivity contribution in [2.45, 2.75) is 6.18 Å². The fraction of sp³-hybridized carbons (Fsp3) is 0.278. The molecule has 0 saturated heterocycles. The molecular formula is C18H16ClF3N2O6. The Kier molecular flexibility index (Phi) is 7.33. The summed E-state index contributed by atoms with van der Waals surface area (Å²) in [6.07, 6.45) is -4.12. The number of aromatic nitrogens is 1. The van der Waals surface area contributed by atoms with E-state index in [4.69, 9.17) is 30.5 Å². The lowest BCUT2D eigenvalue weighted by molar-refractivity contribution is -0.137. The van der Waals surface area contributed by atoms with E-state index < -0.39 is 35.2 Å². The van der Waals surface area contributed by atoms with E-state index in [1.54, 1.807) is 0 Å². The van der Waals surface area contributed by atoms with Gasteiger partial charge in [-0.2, -0.15) is 13.2 Å².